The fourth-order valence-corrected chi connectivity index (χ4v) is 3.72. The summed E-state index contributed by atoms with van der Waals surface area (Å²) in [5.41, 5.74) is 4.77. The zero-order valence-corrected chi connectivity index (χ0v) is 18.5. The van der Waals surface area contributed by atoms with Gasteiger partial charge in [0.15, 0.2) is 0 Å². The van der Waals surface area contributed by atoms with Gasteiger partial charge in [-0.3, -0.25) is 14.8 Å². The van der Waals surface area contributed by atoms with Crippen LogP contribution in [0.15, 0.2) is 36.4 Å². The van der Waals surface area contributed by atoms with Crippen molar-refractivity contribution in [1.29, 1.82) is 0 Å². The number of rotatable bonds is 1. The highest BCUT2D eigenvalue weighted by molar-refractivity contribution is 5.42. The highest BCUT2D eigenvalue weighted by Crippen LogP contribution is 2.32. The third kappa shape index (κ3) is 4.73. The van der Waals surface area contributed by atoms with Crippen LogP contribution in [-0.2, 0) is 26.2 Å². The maximum Gasteiger partial charge on any atom is 0.127 e. The second kappa shape index (κ2) is 7.84. The monoisotopic (exact) mass is 381 g/mol. The van der Waals surface area contributed by atoms with Gasteiger partial charge < -0.3 is 4.74 Å². The van der Waals surface area contributed by atoms with Crippen LogP contribution in [0.3, 0.4) is 0 Å². The SMILES string of the molecule is COc1c2cccc1CN(C(C)(C)C)Cc1cccc(n1)CN(C(C)(C)C)C2. The van der Waals surface area contributed by atoms with Crippen molar-refractivity contribution in [3.05, 3.63) is 58.9 Å². The number of pyridine rings is 1. The number of nitrogens with zero attached hydrogens (tertiary/aromatic N) is 3. The van der Waals surface area contributed by atoms with E-state index >= 15 is 0 Å². The largest absolute Gasteiger partial charge is 0.496 e. The topological polar surface area (TPSA) is 28.6 Å². The summed E-state index contributed by atoms with van der Waals surface area (Å²) in [7, 11) is 1.79. The molecule has 4 heteroatoms. The summed E-state index contributed by atoms with van der Waals surface area (Å²) in [6.45, 7) is 16.9. The molecule has 0 aliphatic carbocycles. The minimum Gasteiger partial charge on any atom is -0.496 e. The van der Waals surface area contributed by atoms with Crippen LogP contribution in [0.1, 0.15) is 64.1 Å². The molecule has 4 nitrogen and oxygen atoms in total. The van der Waals surface area contributed by atoms with Crippen LogP contribution in [0, 0.1) is 0 Å². The predicted octanol–water partition coefficient (Wildman–Crippen LogP) is 5.01. The molecule has 0 unspecified atom stereocenters. The number of hydrogen-bond acceptors (Lipinski definition) is 4. The second-order valence-corrected chi connectivity index (χ2v) is 9.78. The highest BCUT2D eigenvalue weighted by Gasteiger charge is 2.27. The molecule has 0 fully saturated rings. The van der Waals surface area contributed by atoms with Gasteiger partial charge >= 0.3 is 0 Å². The third-order valence-corrected chi connectivity index (χ3v) is 5.57. The molecule has 4 bridgehead atoms. The molecule has 0 N–H and O–H groups in total. The lowest BCUT2D eigenvalue weighted by Gasteiger charge is -2.38. The smallest absolute Gasteiger partial charge is 0.127 e. The Balaban J connectivity index is 2.13. The van der Waals surface area contributed by atoms with Gasteiger partial charge in [-0.15, -0.1) is 0 Å². The van der Waals surface area contributed by atoms with Crippen LogP contribution in [-0.4, -0.2) is 33.0 Å². The molecule has 0 atom stereocenters. The molecule has 152 valence electrons. The summed E-state index contributed by atoms with van der Waals surface area (Å²) < 4.78 is 5.93. The van der Waals surface area contributed by atoms with Gasteiger partial charge in [-0.05, 0) is 53.7 Å². The summed E-state index contributed by atoms with van der Waals surface area (Å²) >= 11 is 0. The molecule has 0 spiro atoms. The van der Waals surface area contributed by atoms with Gasteiger partial charge in [0.05, 0.1) is 18.5 Å². The molecule has 3 rings (SSSR count). The van der Waals surface area contributed by atoms with Crippen LogP contribution in [0.5, 0.6) is 5.75 Å². The van der Waals surface area contributed by atoms with Crippen molar-refractivity contribution in [2.24, 2.45) is 0 Å². The number of methoxy groups -OCH3 is 1. The first kappa shape index (κ1) is 20.8. The predicted molar refractivity (Wildman–Crippen MR) is 115 cm³/mol. The van der Waals surface area contributed by atoms with E-state index in [1.807, 2.05) is 0 Å². The highest BCUT2D eigenvalue weighted by atomic mass is 16.5. The molecule has 1 aromatic heterocycles. The van der Waals surface area contributed by atoms with Crippen LogP contribution in [0.2, 0.25) is 0 Å². The first-order chi connectivity index (χ1) is 13.1. The van der Waals surface area contributed by atoms with Crippen molar-refractivity contribution in [2.45, 2.75) is 78.8 Å². The molecule has 0 saturated carbocycles. The van der Waals surface area contributed by atoms with Crippen molar-refractivity contribution in [3.8, 4) is 5.75 Å². The molecule has 2 aromatic rings. The molecule has 0 radical (unpaired) electrons. The third-order valence-electron chi connectivity index (χ3n) is 5.57. The quantitative estimate of drug-likeness (QED) is 0.695. The number of aromatic nitrogens is 1. The summed E-state index contributed by atoms with van der Waals surface area (Å²) in [5, 5.41) is 0. The van der Waals surface area contributed by atoms with E-state index < -0.39 is 0 Å². The van der Waals surface area contributed by atoms with Gasteiger partial charge in [0.1, 0.15) is 5.75 Å². The van der Waals surface area contributed by atoms with Crippen molar-refractivity contribution in [3.63, 3.8) is 0 Å². The van der Waals surface area contributed by atoms with E-state index in [1.165, 1.54) is 11.1 Å². The van der Waals surface area contributed by atoms with Crippen molar-refractivity contribution in [2.75, 3.05) is 7.11 Å². The van der Waals surface area contributed by atoms with E-state index in [0.29, 0.717) is 0 Å². The first-order valence-electron chi connectivity index (χ1n) is 10.2. The lowest BCUT2D eigenvalue weighted by molar-refractivity contribution is 0.108. The summed E-state index contributed by atoms with van der Waals surface area (Å²) in [5.74, 6) is 1.02. The van der Waals surface area contributed by atoms with Crippen LogP contribution in [0.4, 0.5) is 0 Å². The second-order valence-electron chi connectivity index (χ2n) is 9.78. The van der Waals surface area contributed by atoms with Gasteiger partial charge in [0.2, 0.25) is 0 Å². The number of para-hydroxylation sites is 1. The fourth-order valence-electron chi connectivity index (χ4n) is 3.72. The molecule has 28 heavy (non-hydrogen) atoms. The summed E-state index contributed by atoms with van der Waals surface area (Å²) in [6.07, 6.45) is 0. The number of ether oxygens (including phenoxy) is 1. The average Bonchev–Trinajstić information content (AvgIpc) is 2.59. The fraction of sp³-hybridized carbons (Fsp3) is 0.542. The van der Waals surface area contributed by atoms with Crippen LogP contribution < -0.4 is 4.74 Å². The Kier molecular flexibility index (Phi) is 5.83. The van der Waals surface area contributed by atoms with Crippen molar-refractivity contribution < 1.29 is 4.74 Å². The lowest BCUT2D eigenvalue weighted by atomic mass is 9.99. The molecule has 0 amide bonds. The van der Waals surface area contributed by atoms with Crippen LogP contribution >= 0.6 is 0 Å². The lowest BCUT2D eigenvalue weighted by Crippen LogP contribution is -2.42. The minimum absolute atomic E-state index is 0.0280. The van der Waals surface area contributed by atoms with E-state index in [4.69, 9.17) is 9.72 Å². The van der Waals surface area contributed by atoms with Gasteiger partial charge in [0, 0.05) is 48.4 Å². The molecule has 1 aliphatic rings. The average molecular weight is 382 g/mol. The van der Waals surface area contributed by atoms with E-state index in [-0.39, 0.29) is 11.1 Å². The summed E-state index contributed by atoms with van der Waals surface area (Å²) in [4.78, 5) is 9.95. The Morgan fingerprint density at radius 1 is 0.714 bits per heavy atom. The maximum atomic E-state index is 5.93. The Labute approximate surface area is 170 Å². The number of benzene rings is 1. The van der Waals surface area contributed by atoms with Gasteiger partial charge in [-0.1, -0.05) is 24.3 Å². The zero-order chi connectivity index (χ0) is 20.5. The molecule has 1 aliphatic heterocycles. The van der Waals surface area contributed by atoms with Gasteiger partial charge in [-0.2, -0.15) is 0 Å². The van der Waals surface area contributed by atoms with Gasteiger partial charge in [-0.25, -0.2) is 0 Å². The zero-order valence-electron chi connectivity index (χ0n) is 18.5. The van der Waals surface area contributed by atoms with E-state index in [0.717, 1.165) is 43.3 Å². The Morgan fingerprint density at radius 2 is 1.14 bits per heavy atom. The molecule has 1 aromatic carbocycles. The Bertz CT molecular complexity index is 758. The standard InChI is InChI=1S/C24H35N3O/c1-23(2,3)26-14-18-10-8-11-19(22(18)28-7)15-27(24(4,5)6)17-21-13-9-12-20(16-26)25-21/h8-13H,14-17H2,1-7H3. The molecule has 0 saturated heterocycles. The van der Waals surface area contributed by atoms with Crippen LogP contribution in [0.25, 0.3) is 0 Å². The Morgan fingerprint density at radius 3 is 1.54 bits per heavy atom. The molecule has 2 heterocycles. The Hall–Kier alpha value is -1.91. The van der Waals surface area contributed by atoms with Crippen molar-refractivity contribution >= 4 is 0 Å². The molecular weight excluding hydrogens is 346 g/mol. The normalized spacial score (nSPS) is 17.0. The number of hydrogen-bond donors (Lipinski definition) is 0. The van der Waals surface area contributed by atoms with Gasteiger partial charge in [0.25, 0.3) is 0 Å². The first-order valence-corrected chi connectivity index (χ1v) is 10.2. The minimum atomic E-state index is 0.0280. The van der Waals surface area contributed by atoms with Crippen molar-refractivity contribution in [1.82, 2.24) is 14.8 Å². The molecular formula is C24H35N3O. The van der Waals surface area contributed by atoms with E-state index in [9.17, 15) is 0 Å². The summed E-state index contributed by atoms with van der Waals surface area (Å²) in [6, 6.07) is 13.0. The van der Waals surface area contributed by atoms with E-state index in [1.54, 1.807) is 7.11 Å². The number of fused-ring (bicyclic) bond motifs is 4. The van der Waals surface area contributed by atoms with E-state index in [2.05, 4.69) is 87.7 Å². The maximum absolute atomic E-state index is 5.93.